The summed E-state index contributed by atoms with van der Waals surface area (Å²) in [4.78, 5) is 34.9. The van der Waals surface area contributed by atoms with Crippen LogP contribution in [0.5, 0.6) is 0 Å². The summed E-state index contributed by atoms with van der Waals surface area (Å²) < 4.78 is 5.91. The molecule has 0 aromatic rings. The second-order valence-electron chi connectivity index (χ2n) is 13.8. The molecule has 0 spiro atoms. The zero-order chi connectivity index (χ0) is 39.4. The van der Waals surface area contributed by atoms with E-state index in [1.54, 1.807) is 0 Å². The monoisotopic (exact) mass is 748 g/mol. The molecule has 0 rings (SSSR count). The van der Waals surface area contributed by atoms with Crippen molar-refractivity contribution in [3.8, 4) is 0 Å². The van der Waals surface area contributed by atoms with Crippen molar-refractivity contribution in [2.45, 2.75) is 180 Å². The van der Waals surface area contributed by atoms with E-state index in [2.05, 4.69) is 116 Å². The molecular formula is C48H77NO5. The molecule has 1 atom stereocenters. The first-order valence-electron chi connectivity index (χ1n) is 21.4. The molecule has 0 radical (unpaired) electrons. The van der Waals surface area contributed by atoms with Gasteiger partial charge in [0.2, 0.25) is 5.91 Å². The zero-order valence-corrected chi connectivity index (χ0v) is 34.3. The predicted molar refractivity (Wildman–Crippen MR) is 230 cm³/mol. The topological polar surface area (TPSA) is 92.7 Å². The lowest BCUT2D eigenvalue weighted by Gasteiger charge is -2.14. The molecule has 54 heavy (non-hydrogen) atoms. The number of ether oxygens (including phenoxy) is 1. The highest BCUT2D eigenvalue weighted by Gasteiger charge is 2.11. The van der Waals surface area contributed by atoms with Crippen LogP contribution in [0.1, 0.15) is 174 Å². The lowest BCUT2D eigenvalue weighted by Crippen LogP contribution is -2.28. The predicted octanol–water partition coefficient (Wildman–Crippen LogP) is 13.3. The summed E-state index contributed by atoms with van der Waals surface area (Å²) in [5.41, 5.74) is 0. The molecule has 6 heteroatoms. The van der Waals surface area contributed by atoms with Gasteiger partial charge in [0.1, 0.15) is 12.6 Å². The molecule has 304 valence electrons. The van der Waals surface area contributed by atoms with Crippen LogP contribution < -0.4 is 5.32 Å². The SMILES string of the molecule is CC/C=C\C/C=C\C/C=C\C/C=C\C/C=C\CCCCCCCCCC(=O)OC(/C=C\C/C=C\C/C=C\CC)CCCCCCCCC(=O)NCC(=O)O. The van der Waals surface area contributed by atoms with Gasteiger partial charge in [-0.15, -0.1) is 0 Å². The zero-order valence-electron chi connectivity index (χ0n) is 34.3. The Balaban J connectivity index is 4.11. The number of carbonyl (C=O) groups excluding carboxylic acids is 2. The summed E-state index contributed by atoms with van der Waals surface area (Å²) in [5, 5.41) is 11.0. The number of hydrogen-bond donors (Lipinski definition) is 2. The third-order valence-corrected chi connectivity index (χ3v) is 8.74. The highest BCUT2D eigenvalue weighted by molar-refractivity contribution is 5.80. The molecule has 1 amide bonds. The average Bonchev–Trinajstić information content (AvgIpc) is 3.16. The number of amides is 1. The fourth-order valence-electron chi connectivity index (χ4n) is 5.65. The first kappa shape index (κ1) is 50.3. The van der Waals surface area contributed by atoms with E-state index < -0.39 is 5.97 Å². The van der Waals surface area contributed by atoms with E-state index in [-0.39, 0.29) is 24.5 Å². The van der Waals surface area contributed by atoms with Crippen LogP contribution in [0.2, 0.25) is 0 Å². The Morgan fingerprint density at radius 1 is 0.500 bits per heavy atom. The van der Waals surface area contributed by atoms with Gasteiger partial charge >= 0.3 is 11.9 Å². The fourth-order valence-corrected chi connectivity index (χ4v) is 5.65. The molecule has 0 aromatic carbocycles. The Kier molecular flexibility index (Phi) is 39.2. The van der Waals surface area contributed by atoms with Gasteiger partial charge in [-0.25, -0.2) is 0 Å². The lowest BCUT2D eigenvalue weighted by molar-refractivity contribution is -0.147. The molecule has 0 aromatic heterocycles. The number of carboxylic acids is 1. The number of allylic oxidation sites excluding steroid dienone is 15. The summed E-state index contributed by atoms with van der Waals surface area (Å²) in [7, 11) is 0. The molecule has 0 saturated heterocycles. The average molecular weight is 748 g/mol. The van der Waals surface area contributed by atoms with Crippen LogP contribution in [0.3, 0.4) is 0 Å². The Bertz CT molecular complexity index is 1140. The van der Waals surface area contributed by atoms with Crippen LogP contribution >= 0.6 is 0 Å². The van der Waals surface area contributed by atoms with Crippen LogP contribution in [-0.4, -0.2) is 35.6 Å². The third kappa shape index (κ3) is 41.1. The maximum absolute atomic E-state index is 12.7. The maximum atomic E-state index is 12.7. The molecule has 0 heterocycles. The number of unbranched alkanes of at least 4 members (excludes halogenated alkanes) is 12. The van der Waals surface area contributed by atoms with Gasteiger partial charge in [0.05, 0.1) is 0 Å². The Morgan fingerprint density at radius 2 is 0.907 bits per heavy atom. The second-order valence-corrected chi connectivity index (χ2v) is 13.8. The summed E-state index contributed by atoms with van der Waals surface area (Å²) in [6.07, 6.45) is 59.9. The van der Waals surface area contributed by atoms with Crippen molar-refractivity contribution in [2.24, 2.45) is 0 Å². The van der Waals surface area contributed by atoms with Crippen molar-refractivity contribution in [3.63, 3.8) is 0 Å². The van der Waals surface area contributed by atoms with Crippen molar-refractivity contribution in [1.29, 1.82) is 0 Å². The molecule has 0 aliphatic heterocycles. The molecular weight excluding hydrogens is 671 g/mol. The van der Waals surface area contributed by atoms with Gasteiger partial charge in [0, 0.05) is 12.8 Å². The van der Waals surface area contributed by atoms with Crippen LogP contribution in [0.4, 0.5) is 0 Å². The van der Waals surface area contributed by atoms with Crippen molar-refractivity contribution in [2.75, 3.05) is 6.54 Å². The number of rotatable bonds is 37. The normalized spacial score (nSPS) is 13.1. The Morgan fingerprint density at radius 3 is 1.41 bits per heavy atom. The van der Waals surface area contributed by atoms with Gasteiger partial charge < -0.3 is 15.2 Å². The minimum Gasteiger partial charge on any atom is -0.480 e. The van der Waals surface area contributed by atoms with E-state index in [1.807, 2.05) is 0 Å². The number of hydrogen-bond acceptors (Lipinski definition) is 4. The highest BCUT2D eigenvalue weighted by atomic mass is 16.5. The van der Waals surface area contributed by atoms with Gasteiger partial charge in [-0.05, 0) is 96.0 Å². The molecule has 0 fully saturated rings. The first-order valence-corrected chi connectivity index (χ1v) is 21.4. The minimum absolute atomic E-state index is 0.0943. The van der Waals surface area contributed by atoms with Gasteiger partial charge in [0.15, 0.2) is 0 Å². The Labute approximate surface area is 330 Å². The minimum atomic E-state index is -1.02. The van der Waals surface area contributed by atoms with Gasteiger partial charge in [-0.2, -0.15) is 0 Å². The quantitative estimate of drug-likeness (QED) is 0.0375. The van der Waals surface area contributed by atoms with Crippen LogP contribution in [0, 0.1) is 0 Å². The van der Waals surface area contributed by atoms with Crippen LogP contribution in [-0.2, 0) is 19.1 Å². The molecule has 2 N–H and O–H groups in total. The summed E-state index contributed by atoms with van der Waals surface area (Å²) in [5.74, 6) is -1.32. The second kappa shape index (κ2) is 42.1. The molecule has 0 bridgehead atoms. The van der Waals surface area contributed by atoms with Crippen LogP contribution in [0.25, 0.3) is 0 Å². The summed E-state index contributed by atoms with van der Waals surface area (Å²) >= 11 is 0. The first-order chi connectivity index (χ1) is 26.5. The van der Waals surface area contributed by atoms with Crippen molar-refractivity contribution < 1.29 is 24.2 Å². The number of esters is 1. The van der Waals surface area contributed by atoms with Crippen molar-refractivity contribution in [1.82, 2.24) is 5.32 Å². The third-order valence-electron chi connectivity index (χ3n) is 8.74. The van der Waals surface area contributed by atoms with E-state index in [9.17, 15) is 14.4 Å². The largest absolute Gasteiger partial charge is 0.480 e. The van der Waals surface area contributed by atoms with E-state index in [0.29, 0.717) is 12.8 Å². The van der Waals surface area contributed by atoms with Crippen molar-refractivity contribution >= 4 is 17.8 Å². The summed E-state index contributed by atoms with van der Waals surface area (Å²) in [6, 6.07) is 0. The summed E-state index contributed by atoms with van der Waals surface area (Å²) in [6.45, 7) is 3.97. The smallest absolute Gasteiger partial charge is 0.322 e. The van der Waals surface area contributed by atoms with Crippen molar-refractivity contribution in [3.05, 3.63) is 97.2 Å². The van der Waals surface area contributed by atoms with Gasteiger partial charge in [-0.3, -0.25) is 14.4 Å². The number of carboxylic acid groups (broad SMARTS) is 1. The van der Waals surface area contributed by atoms with E-state index in [1.165, 1.54) is 32.1 Å². The van der Waals surface area contributed by atoms with E-state index >= 15 is 0 Å². The van der Waals surface area contributed by atoms with E-state index in [0.717, 1.165) is 116 Å². The number of aliphatic carboxylic acids is 1. The van der Waals surface area contributed by atoms with Gasteiger partial charge in [0.25, 0.3) is 0 Å². The standard InChI is InChI=1S/C48H77NO5/c1-3-5-7-9-11-13-14-15-16-17-18-19-20-21-22-23-24-25-26-27-29-35-39-43-48(53)54-45(40-36-32-28-12-10-8-6-4-2)41-37-33-30-31-34-38-42-46(50)49-44-47(51)52/h5-8,11-13,15-16,18-19,21-22,28,36,40,45H,3-4,9-10,14,17,20,23-27,29-35,37-39,41-44H2,1-2H3,(H,49,50)(H,51,52)/b7-5-,8-6-,13-11-,16-15-,19-18-,22-21-,28-12-,40-36-. The van der Waals surface area contributed by atoms with E-state index in [4.69, 9.17) is 9.84 Å². The molecule has 0 saturated carbocycles. The van der Waals surface area contributed by atoms with Crippen LogP contribution in [0.15, 0.2) is 97.2 Å². The molecule has 0 aliphatic carbocycles. The Hall–Kier alpha value is -3.67. The number of carbonyl (C=O) groups is 3. The number of nitrogens with one attached hydrogen (secondary N) is 1. The molecule has 0 aliphatic rings. The fraction of sp³-hybridized carbons (Fsp3) is 0.604. The highest BCUT2D eigenvalue weighted by Crippen LogP contribution is 2.15. The lowest BCUT2D eigenvalue weighted by atomic mass is 10.1. The molecule has 6 nitrogen and oxygen atoms in total. The van der Waals surface area contributed by atoms with Gasteiger partial charge in [-0.1, -0.05) is 163 Å². The maximum Gasteiger partial charge on any atom is 0.322 e. The molecule has 1 unspecified atom stereocenters.